The van der Waals surface area contributed by atoms with Crippen LogP contribution in [0.5, 0.6) is 0 Å². The summed E-state index contributed by atoms with van der Waals surface area (Å²) in [4.78, 5) is 36.7. The third-order valence-electron chi connectivity index (χ3n) is 7.41. The average molecular weight is 673 g/mol. The summed E-state index contributed by atoms with van der Waals surface area (Å²) in [6, 6.07) is -0.628. The first-order valence-corrected chi connectivity index (χ1v) is 18.0. The minimum atomic E-state index is -0.891. The van der Waals surface area contributed by atoms with Crippen molar-refractivity contribution in [3.05, 3.63) is 72.9 Å². The van der Waals surface area contributed by atoms with Gasteiger partial charge in [-0.25, -0.2) is 4.79 Å². The maximum Gasteiger partial charge on any atom is 0.362 e. The van der Waals surface area contributed by atoms with Crippen LogP contribution in [0.3, 0.4) is 0 Å². The van der Waals surface area contributed by atoms with Crippen LogP contribution in [0.25, 0.3) is 0 Å². The number of hydrogen-bond donors (Lipinski definition) is 1. The molecule has 1 N–H and O–H groups in total. The lowest BCUT2D eigenvalue weighted by molar-refractivity contribution is -0.887. The minimum Gasteiger partial charge on any atom is -0.477 e. The molecule has 0 radical (unpaired) electrons. The molecule has 0 aliphatic heterocycles. The Hall–Kier alpha value is -3.23. The quantitative estimate of drug-likeness (QED) is 0.0268. The van der Waals surface area contributed by atoms with E-state index in [0.29, 0.717) is 19.3 Å². The number of allylic oxidation sites excluding steroid dienone is 12. The first-order valence-electron chi connectivity index (χ1n) is 18.0. The number of esters is 2. The number of quaternary nitrogens is 1. The highest BCUT2D eigenvalue weighted by Crippen LogP contribution is 2.11. The number of ether oxygens (including phenoxy) is 3. The Labute approximate surface area is 291 Å². The van der Waals surface area contributed by atoms with E-state index in [1.54, 1.807) is 0 Å². The number of carbonyl (C=O) groups excluding carboxylic acids is 2. The number of hydrogen-bond acceptors (Lipinski definition) is 6. The van der Waals surface area contributed by atoms with E-state index in [0.717, 1.165) is 70.6 Å². The number of carboxylic acid groups (broad SMARTS) is 1. The summed E-state index contributed by atoms with van der Waals surface area (Å²) in [5.41, 5.74) is 0. The molecule has 2 unspecified atom stereocenters. The number of aliphatic carboxylic acids is 1. The van der Waals surface area contributed by atoms with Crippen molar-refractivity contribution < 1.29 is 38.2 Å². The van der Waals surface area contributed by atoms with Crippen molar-refractivity contribution in [3.8, 4) is 0 Å². The summed E-state index contributed by atoms with van der Waals surface area (Å²) in [5.74, 6) is -1.58. The van der Waals surface area contributed by atoms with Gasteiger partial charge in [0.15, 0.2) is 12.1 Å². The maximum atomic E-state index is 12.6. The van der Waals surface area contributed by atoms with Gasteiger partial charge in [0, 0.05) is 19.3 Å². The third-order valence-corrected chi connectivity index (χ3v) is 7.41. The van der Waals surface area contributed by atoms with Gasteiger partial charge in [0.2, 0.25) is 0 Å². The molecule has 0 heterocycles. The zero-order valence-electron chi connectivity index (χ0n) is 30.7. The summed E-state index contributed by atoms with van der Waals surface area (Å²) in [6.45, 7) is 4.36. The Morgan fingerprint density at radius 3 is 1.90 bits per heavy atom. The first kappa shape index (κ1) is 44.8. The average Bonchev–Trinajstić information content (AvgIpc) is 3.03. The molecule has 0 saturated carbocycles. The molecule has 0 saturated heterocycles. The van der Waals surface area contributed by atoms with Gasteiger partial charge >= 0.3 is 17.9 Å². The fourth-order valence-corrected chi connectivity index (χ4v) is 4.64. The van der Waals surface area contributed by atoms with Gasteiger partial charge in [0.1, 0.15) is 6.61 Å². The minimum absolute atomic E-state index is 0.0296. The van der Waals surface area contributed by atoms with Gasteiger partial charge in [-0.05, 0) is 57.8 Å². The lowest BCUT2D eigenvalue weighted by Gasteiger charge is -2.31. The number of carbonyl (C=O) groups is 3. The molecule has 0 amide bonds. The van der Waals surface area contributed by atoms with Crippen molar-refractivity contribution in [2.24, 2.45) is 0 Å². The van der Waals surface area contributed by atoms with Crippen LogP contribution in [0.15, 0.2) is 72.9 Å². The molecule has 48 heavy (non-hydrogen) atoms. The monoisotopic (exact) mass is 672 g/mol. The van der Waals surface area contributed by atoms with Crippen LogP contribution in [-0.2, 0) is 28.6 Å². The van der Waals surface area contributed by atoms with Gasteiger partial charge in [0.25, 0.3) is 0 Å². The molecule has 0 aliphatic rings. The van der Waals surface area contributed by atoms with Crippen LogP contribution in [0.2, 0.25) is 0 Å². The largest absolute Gasteiger partial charge is 0.477 e. The van der Waals surface area contributed by atoms with E-state index < -0.39 is 18.1 Å². The zero-order valence-corrected chi connectivity index (χ0v) is 30.7. The van der Waals surface area contributed by atoms with Crippen LogP contribution in [-0.4, -0.2) is 80.6 Å². The fourth-order valence-electron chi connectivity index (χ4n) is 4.64. The number of nitrogens with zero attached hydrogens (tertiary/aromatic N) is 1. The van der Waals surface area contributed by atoms with Crippen molar-refractivity contribution in [2.75, 3.05) is 41.0 Å². The van der Waals surface area contributed by atoms with Gasteiger partial charge in [-0.2, -0.15) is 0 Å². The molecular weight excluding hydrogens is 606 g/mol. The van der Waals surface area contributed by atoms with Gasteiger partial charge in [-0.15, -0.1) is 0 Å². The van der Waals surface area contributed by atoms with E-state index in [4.69, 9.17) is 14.2 Å². The van der Waals surface area contributed by atoms with Crippen LogP contribution < -0.4 is 0 Å². The van der Waals surface area contributed by atoms with Crippen molar-refractivity contribution in [1.82, 2.24) is 0 Å². The summed E-state index contributed by atoms with van der Waals surface area (Å²) < 4.78 is 17.1. The van der Waals surface area contributed by atoms with Crippen LogP contribution in [0.4, 0.5) is 0 Å². The predicted octanol–water partition coefficient (Wildman–Crippen LogP) is 8.85. The summed E-state index contributed by atoms with van der Waals surface area (Å²) in [7, 11) is 5.47. The van der Waals surface area contributed by atoms with E-state index in [1.165, 1.54) is 0 Å². The van der Waals surface area contributed by atoms with Crippen molar-refractivity contribution in [2.45, 2.75) is 122 Å². The molecule has 2 atom stereocenters. The number of likely N-dealkylation sites (N-methyl/N-ethyl adjacent to an activating group) is 1. The molecule has 0 rings (SSSR count). The van der Waals surface area contributed by atoms with E-state index in [-0.39, 0.29) is 42.7 Å². The molecular formula is C40H66NO7+. The fraction of sp³-hybridized carbons (Fsp3) is 0.625. The third kappa shape index (κ3) is 29.0. The van der Waals surface area contributed by atoms with E-state index >= 15 is 0 Å². The summed E-state index contributed by atoms with van der Waals surface area (Å²) >= 11 is 0. The highest BCUT2D eigenvalue weighted by Gasteiger charge is 2.31. The second-order valence-corrected chi connectivity index (χ2v) is 12.8. The maximum absolute atomic E-state index is 12.6. The van der Waals surface area contributed by atoms with Gasteiger partial charge in [0.05, 0.1) is 34.4 Å². The molecule has 0 aromatic carbocycles. The zero-order chi connectivity index (χ0) is 35.7. The second-order valence-electron chi connectivity index (χ2n) is 12.8. The molecule has 272 valence electrons. The first-order chi connectivity index (χ1) is 23.1. The SMILES string of the molecule is CC/C=C/C=C/C=C/CCCCCCCC(=O)OCC(COCCC(C(=O)O)[N+](C)(C)C)OC(=O)CCC/C=C/C/C=C/C/C=C/CC. The van der Waals surface area contributed by atoms with Crippen LogP contribution in [0, 0.1) is 0 Å². The van der Waals surface area contributed by atoms with Gasteiger partial charge in [-0.3, -0.25) is 9.59 Å². The van der Waals surface area contributed by atoms with Crippen molar-refractivity contribution in [3.63, 3.8) is 0 Å². The van der Waals surface area contributed by atoms with Crippen molar-refractivity contribution in [1.29, 1.82) is 0 Å². The predicted molar refractivity (Wildman–Crippen MR) is 197 cm³/mol. The van der Waals surface area contributed by atoms with Crippen LogP contribution in [0.1, 0.15) is 110 Å². The smallest absolute Gasteiger partial charge is 0.362 e. The van der Waals surface area contributed by atoms with Gasteiger partial charge < -0.3 is 23.8 Å². The highest BCUT2D eigenvalue weighted by atomic mass is 16.6. The van der Waals surface area contributed by atoms with Crippen molar-refractivity contribution >= 4 is 17.9 Å². The number of carboxylic acids is 1. The molecule has 0 bridgehead atoms. The van der Waals surface area contributed by atoms with E-state index in [2.05, 4.69) is 74.6 Å². The molecule has 0 fully saturated rings. The second kappa shape index (κ2) is 31.1. The topological polar surface area (TPSA) is 99.1 Å². The molecule has 0 aromatic heterocycles. The molecule has 0 aromatic rings. The van der Waals surface area contributed by atoms with E-state index in [1.807, 2.05) is 33.3 Å². The lowest BCUT2D eigenvalue weighted by atomic mass is 10.1. The van der Waals surface area contributed by atoms with Crippen LogP contribution >= 0.6 is 0 Å². The highest BCUT2D eigenvalue weighted by molar-refractivity contribution is 5.72. The molecule has 0 spiro atoms. The molecule has 0 aliphatic carbocycles. The normalized spacial score (nSPS) is 13.9. The Morgan fingerprint density at radius 1 is 0.646 bits per heavy atom. The Bertz CT molecular complexity index is 1020. The standard InChI is InChI=1S/C40H65NO7/c1-6-8-10-12-14-16-18-19-21-22-24-26-28-30-38(42)47-35-36(34-46-33-32-37(40(44)45)41(3,4)5)48-39(43)31-29-27-25-23-20-17-15-13-11-9-7-2/h8-12,14-18,23,25,36-37H,6-7,13,19-22,24,26-35H2,1-5H3/p+1/b10-8+,11-9+,14-12+,17-15+,18-16+,25-23+. The summed E-state index contributed by atoms with van der Waals surface area (Å²) in [6.07, 6.45) is 36.8. The lowest BCUT2D eigenvalue weighted by Crippen LogP contribution is -2.50. The Kier molecular flexibility index (Phi) is 29.0. The summed E-state index contributed by atoms with van der Waals surface area (Å²) in [5, 5.41) is 9.56. The molecule has 8 nitrogen and oxygen atoms in total. The Morgan fingerprint density at radius 2 is 1.23 bits per heavy atom. The number of unbranched alkanes of at least 4 members (excludes halogenated alkanes) is 6. The number of rotatable bonds is 30. The Balaban J connectivity index is 4.57. The van der Waals surface area contributed by atoms with Gasteiger partial charge in [-0.1, -0.05) is 106 Å². The molecule has 8 heteroatoms. The van der Waals surface area contributed by atoms with E-state index in [9.17, 15) is 19.5 Å².